The lowest BCUT2D eigenvalue weighted by atomic mass is 10.0. The summed E-state index contributed by atoms with van der Waals surface area (Å²) in [5, 5.41) is 28.7. The Balaban J connectivity index is 1.37. The van der Waals surface area contributed by atoms with Crippen LogP contribution < -0.4 is 4.74 Å². The number of allylic oxidation sites excluding steroid dienone is 2. The Kier molecular flexibility index (Phi) is 13.0. The van der Waals surface area contributed by atoms with E-state index in [4.69, 9.17) is 4.74 Å². The van der Waals surface area contributed by atoms with Crippen molar-refractivity contribution in [2.24, 2.45) is 0 Å². The minimum Gasteiger partial charge on any atom is -0.508 e. The molecule has 4 nitrogen and oxygen atoms in total. The Hall–Kier alpha value is -2.62. The average Bonchev–Trinajstić information content (AvgIpc) is 2.77. The predicted molar refractivity (Wildman–Crippen MR) is 136 cm³/mol. The Morgan fingerprint density at radius 3 is 1.48 bits per heavy atom. The van der Waals surface area contributed by atoms with E-state index < -0.39 is 0 Å². The molecular formula is C29H42O4. The van der Waals surface area contributed by atoms with Crippen LogP contribution in [0.1, 0.15) is 88.2 Å². The van der Waals surface area contributed by atoms with Crippen LogP contribution in [0.2, 0.25) is 0 Å². The van der Waals surface area contributed by atoms with Crippen LogP contribution in [-0.2, 0) is 12.8 Å². The second-order valence-electron chi connectivity index (χ2n) is 8.98. The standard InChI is InChI=1S/C29H42O4/c1-33-29-21-25(20-28(32)23-29)17-15-13-11-9-7-5-3-2-4-6-8-10-12-14-16-24-18-26(30)22-27(31)19-24/h2-3,18-23,30-32H,4-17H2,1H3. The van der Waals surface area contributed by atoms with E-state index in [1.165, 1.54) is 70.3 Å². The van der Waals surface area contributed by atoms with E-state index in [0.29, 0.717) is 0 Å². The van der Waals surface area contributed by atoms with Crippen LogP contribution in [0, 0.1) is 0 Å². The molecule has 0 aliphatic heterocycles. The largest absolute Gasteiger partial charge is 0.508 e. The first-order chi connectivity index (χ1) is 16.1. The molecule has 0 heterocycles. The molecule has 0 saturated heterocycles. The average molecular weight is 455 g/mol. The van der Waals surface area contributed by atoms with Crippen LogP contribution in [0.3, 0.4) is 0 Å². The second-order valence-corrected chi connectivity index (χ2v) is 8.98. The Morgan fingerprint density at radius 2 is 0.970 bits per heavy atom. The maximum atomic E-state index is 9.70. The Bertz CT molecular complexity index is 808. The fourth-order valence-corrected chi connectivity index (χ4v) is 4.19. The normalized spacial score (nSPS) is 11.3. The predicted octanol–water partition coefficient (Wildman–Crippen LogP) is 7.83. The number of ether oxygens (including phenoxy) is 1. The Labute approximate surface area is 199 Å². The van der Waals surface area contributed by atoms with E-state index in [1.54, 1.807) is 25.3 Å². The third kappa shape index (κ3) is 12.3. The number of hydrogen-bond donors (Lipinski definition) is 3. The van der Waals surface area contributed by atoms with Crippen LogP contribution in [0.5, 0.6) is 23.0 Å². The van der Waals surface area contributed by atoms with Gasteiger partial charge in [-0.25, -0.2) is 0 Å². The van der Waals surface area contributed by atoms with Crippen molar-refractivity contribution in [1.82, 2.24) is 0 Å². The number of phenols is 3. The molecule has 0 unspecified atom stereocenters. The minimum absolute atomic E-state index is 0.142. The van der Waals surface area contributed by atoms with Gasteiger partial charge in [-0.15, -0.1) is 0 Å². The quantitative estimate of drug-likeness (QED) is 0.168. The first-order valence-electron chi connectivity index (χ1n) is 12.6. The zero-order valence-electron chi connectivity index (χ0n) is 20.3. The fraction of sp³-hybridized carbons (Fsp3) is 0.517. The van der Waals surface area contributed by atoms with Gasteiger partial charge in [0.15, 0.2) is 0 Å². The second kappa shape index (κ2) is 16.1. The maximum Gasteiger partial charge on any atom is 0.122 e. The molecule has 3 N–H and O–H groups in total. The van der Waals surface area contributed by atoms with Crippen molar-refractivity contribution in [2.45, 2.75) is 89.9 Å². The van der Waals surface area contributed by atoms with Crippen molar-refractivity contribution in [3.63, 3.8) is 0 Å². The molecule has 2 aromatic carbocycles. The van der Waals surface area contributed by atoms with Gasteiger partial charge in [-0.1, -0.05) is 50.7 Å². The summed E-state index contributed by atoms with van der Waals surface area (Å²) in [5.41, 5.74) is 2.15. The molecule has 0 saturated carbocycles. The van der Waals surface area contributed by atoms with Crippen LogP contribution >= 0.6 is 0 Å². The van der Waals surface area contributed by atoms with Crippen molar-refractivity contribution < 1.29 is 20.1 Å². The molecular weight excluding hydrogens is 412 g/mol. The fourth-order valence-electron chi connectivity index (χ4n) is 4.19. The van der Waals surface area contributed by atoms with E-state index >= 15 is 0 Å². The van der Waals surface area contributed by atoms with Gasteiger partial charge in [-0.3, -0.25) is 0 Å². The summed E-state index contributed by atoms with van der Waals surface area (Å²) >= 11 is 0. The van der Waals surface area contributed by atoms with Gasteiger partial charge in [-0.2, -0.15) is 0 Å². The molecule has 0 radical (unpaired) electrons. The van der Waals surface area contributed by atoms with E-state index in [1.807, 2.05) is 12.1 Å². The van der Waals surface area contributed by atoms with Crippen LogP contribution in [0.15, 0.2) is 48.6 Å². The highest BCUT2D eigenvalue weighted by molar-refractivity contribution is 5.38. The van der Waals surface area contributed by atoms with Crippen molar-refractivity contribution >= 4 is 0 Å². The lowest BCUT2D eigenvalue weighted by Crippen LogP contribution is -1.89. The number of aromatic hydroxyl groups is 3. The number of aryl methyl sites for hydroxylation is 2. The number of unbranched alkanes of at least 4 members (excludes halogenated alkanes) is 10. The molecule has 0 aliphatic rings. The number of benzene rings is 2. The van der Waals surface area contributed by atoms with E-state index in [2.05, 4.69) is 12.2 Å². The summed E-state index contributed by atoms with van der Waals surface area (Å²) in [6.45, 7) is 0. The molecule has 0 amide bonds. The van der Waals surface area contributed by atoms with Crippen molar-refractivity contribution in [2.75, 3.05) is 7.11 Å². The maximum absolute atomic E-state index is 9.70. The monoisotopic (exact) mass is 454 g/mol. The number of phenolic OH excluding ortho intramolecular Hbond substituents is 3. The van der Waals surface area contributed by atoms with Crippen LogP contribution in [0.4, 0.5) is 0 Å². The highest BCUT2D eigenvalue weighted by atomic mass is 16.5. The molecule has 0 atom stereocenters. The van der Waals surface area contributed by atoms with Crippen molar-refractivity contribution in [1.29, 1.82) is 0 Å². The number of rotatable bonds is 17. The number of hydrogen-bond acceptors (Lipinski definition) is 4. The molecule has 2 aromatic rings. The Morgan fingerprint density at radius 1 is 0.545 bits per heavy atom. The first kappa shape index (κ1) is 26.6. The minimum atomic E-state index is 0.142. The van der Waals surface area contributed by atoms with Crippen LogP contribution in [-0.4, -0.2) is 22.4 Å². The third-order valence-corrected chi connectivity index (χ3v) is 5.99. The molecule has 4 heteroatoms. The van der Waals surface area contributed by atoms with Gasteiger partial charge in [0.05, 0.1) is 7.11 Å². The molecule has 0 bridgehead atoms. The highest BCUT2D eigenvalue weighted by Gasteiger charge is 2.01. The van der Waals surface area contributed by atoms with Gasteiger partial charge in [0, 0.05) is 12.1 Å². The molecule has 0 aromatic heterocycles. The molecule has 0 fully saturated rings. The van der Waals surface area contributed by atoms with Gasteiger partial charge in [0.25, 0.3) is 0 Å². The van der Waals surface area contributed by atoms with Gasteiger partial charge >= 0.3 is 0 Å². The zero-order valence-corrected chi connectivity index (χ0v) is 20.3. The summed E-state index contributed by atoms with van der Waals surface area (Å²) in [4.78, 5) is 0. The molecule has 182 valence electrons. The lowest BCUT2D eigenvalue weighted by Gasteiger charge is -2.06. The summed E-state index contributed by atoms with van der Waals surface area (Å²) in [6, 6.07) is 10.3. The van der Waals surface area contributed by atoms with Gasteiger partial charge in [0.2, 0.25) is 0 Å². The van der Waals surface area contributed by atoms with Crippen molar-refractivity contribution in [3.8, 4) is 23.0 Å². The van der Waals surface area contributed by atoms with Gasteiger partial charge in [-0.05, 0) is 86.8 Å². The van der Waals surface area contributed by atoms with E-state index in [0.717, 1.165) is 42.6 Å². The SMILES string of the molecule is COc1cc(O)cc(CCCCCCCC=CCCCCCCCc2cc(O)cc(O)c2)c1. The van der Waals surface area contributed by atoms with Crippen LogP contribution in [0.25, 0.3) is 0 Å². The molecule has 2 rings (SSSR count). The zero-order chi connectivity index (χ0) is 23.7. The smallest absolute Gasteiger partial charge is 0.122 e. The third-order valence-electron chi connectivity index (χ3n) is 5.99. The van der Waals surface area contributed by atoms with E-state index in [-0.39, 0.29) is 17.2 Å². The van der Waals surface area contributed by atoms with Crippen molar-refractivity contribution in [3.05, 3.63) is 59.7 Å². The lowest BCUT2D eigenvalue weighted by molar-refractivity contribution is 0.406. The highest BCUT2D eigenvalue weighted by Crippen LogP contribution is 2.23. The summed E-state index contributed by atoms with van der Waals surface area (Å²) < 4.78 is 5.21. The topological polar surface area (TPSA) is 69.9 Å². The molecule has 33 heavy (non-hydrogen) atoms. The first-order valence-corrected chi connectivity index (χ1v) is 12.6. The summed E-state index contributed by atoms with van der Waals surface area (Å²) in [5.74, 6) is 1.29. The van der Waals surface area contributed by atoms with Gasteiger partial charge < -0.3 is 20.1 Å². The summed E-state index contributed by atoms with van der Waals surface area (Å²) in [7, 11) is 1.63. The molecule has 0 spiro atoms. The molecule has 0 aliphatic carbocycles. The van der Waals surface area contributed by atoms with E-state index in [9.17, 15) is 15.3 Å². The number of methoxy groups -OCH3 is 1. The van der Waals surface area contributed by atoms with Gasteiger partial charge in [0.1, 0.15) is 23.0 Å². The summed E-state index contributed by atoms with van der Waals surface area (Å²) in [6.07, 6.45) is 21.2.